The van der Waals surface area contributed by atoms with Gasteiger partial charge in [0.2, 0.25) is 0 Å². The molecule has 1 amide bonds. The summed E-state index contributed by atoms with van der Waals surface area (Å²) in [7, 11) is 0. The molecule has 0 saturated heterocycles. The lowest BCUT2D eigenvalue weighted by atomic mass is 10.1. The highest BCUT2D eigenvalue weighted by atomic mass is 16.5. The van der Waals surface area contributed by atoms with Gasteiger partial charge >= 0.3 is 5.97 Å². The van der Waals surface area contributed by atoms with Gasteiger partial charge in [0.1, 0.15) is 12.3 Å². The molecular weight excluding hydrogens is 258 g/mol. The predicted octanol–water partition coefficient (Wildman–Crippen LogP) is 2.02. The summed E-state index contributed by atoms with van der Waals surface area (Å²) in [6, 6.07) is 7.00. The summed E-state index contributed by atoms with van der Waals surface area (Å²) < 4.78 is 5.69. The molecule has 1 aliphatic carbocycles. The molecule has 5 heteroatoms. The minimum atomic E-state index is -1.02. The van der Waals surface area contributed by atoms with E-state index in [0.29, 0.717) is 30.4 Å². The van der Waals surface area contributed by atoms with Crippen LogP contribution in [0.3, 0.4) is 0 Å². The summed E-state index contributed by atoms with van der Waals surface area (Å²) in [4.78, 5) is 24.5. The van der Waals surface area contributed by atoms with E-state index in [1.54, 1.807) is 25.1 Å². The van der Waals surface area contributed by atoms with Crippen molar-refractivity contribution in [3.05, 3.63) is 29.8 Å². The Bertz CT molecular complexity index is 496. The molecule has 1 aromatic carbocycles. The van der Waals surface area contributed by atoms with Gasteiger partial charge in [0.15, 0.2) is 0 Å². The number of nitrogens with zero attached hydrogens (tertiary/aromatic N) is 1. The molecule has 0 aliphatic heterocycles. The Morgan fingerprint density at radius 2 is 2.05 bits per heavy atom. The van der Waals surface area contributed by atoms with E-state index in [1.165, 1.54) is 17.7 Å². The zero-order valence-electron chi connectivity index (χ0n) is 11.5. The molecule has 1 fully saturated rings. The lowest BCUT2D eigenvalue weighted by Crippen LogP contribution is -2.35. The van der Waals surface area contributed by atoms with Gasteiger partial charge in [0.05, 0.1) is 12.2 Å². The summed E-state index contributed by atoms with van der Waals surface area (Å²) >= 11 is 0. The summed E-state index contributed by atoms with van der Waals surface area (Å²) in [6.07, 6.45) is 2.35. The Labute approximate surface area is 118 Å². The van der Waals surface area contributed by atoms with Crippen molar-refractivity contribution in [2.75, 3.05) is 19.7 Å². The van der Waals surface area contributed by atoms with E-state index in [0.717, 1.165) is 0 Å². The summed E-state index contributed by atoms with van der Waals surface area (Å²) in [5.41, 5.74) is 0.427. The summed E-state index contributed by atoms with van der Waals surface area (Å²) in [5, 5.41) is 8.84. The van der Waals surface area contributed by atoms with Crippen LogP contribution in [0, 0.1) is 5.92 Å². The molecule has 0 unspecified atom stereocenters. The number of carboxylic acid groups (broad SMARTS) is 1. The molecule has 1 aromatic rings. The molecular formula is C15H19NO4. The molecule has 1 N–H and O–H groups in total. The fourth-order valence-electron chi connectivity index (χ4n) is 1.92. The van der Waals surface area contributed by atoms with Crippen LogP contribution >= 0.6 is 0 Å². The van der Waals surface area contributed by atoms with Crippen molar-refractivity contribution in [1.29, 1.82) is 0 Å². The van der Waals surface area contributed by atoms with Crippen molar-refractivity contribution in [2.45, 2.75) is 19.8 Å². The second kappa shape index (κ2) is 6.41. The van der Waals surface area contributed by atoms with Crippen LogP contribution in [0.25, 0.3) is 0 Å². The number of rotatable bonds is 7. The molecule has 0 heterocycles. The molecule has 1 aliphatic rings. The molecule has 5 nitrogen and oxygen atoms in total. The zero-order chi connectivity index (χ0) is 14.5. The maximum absolute atomic E-state index is 12.4. The largest absolute Gasteiger partial charge is 0.492 e. The van der Waals surface area contributed by atoms with Gasteiger partial charge in [-0.1, -0.05) is 12.1 Å². The van der Waals surface area contributed by atoms with Crippen molar-refractivity contribution in [3.63, 3.8) is 0 Å². The third-order valence-electron chi connectivity index (χ3n) is 3.28. The fourth-order valence-corrected chi connectivity index (χ4v) is 1.92. The van der Waals surface area contributed by atoms with Crippen LogP contribution in [0.1, 0.15) is 30.1 Å². The number of amides is 1. The van der Waals surface area contributed by atoms with E-state index in [-0.39, 0.29) is 12.5 Å². The topological polar surface area (TPSA) is 66.8 Å². The molecule has 1 saturated carbocycles. The average Bonchev–Trinajstić information content (AvgIpc) is 3.26. The van der Waals surface area contributed by atoms with E-state index < -0.39 is 5.97 Å². The lowest BCUT2D eigenvalue weighted by molar-refractivity contribution is -0.137. The maximum atomic E-state index is 12.4. The SMILES string of the molecule is CCN(CC(=O)O)C(=O)c1ccccc1OCC1CC1. The molecule has 0 radical (unpaired) electrons. The molecule has 0 bridgehead atoms. The Balaban J connectivity index is 2.12. The van der Waals surface area contributed by atoms with Crippen molar-refractivity contribution >= 4 is 11.9 Å². The van der Waals surface area contributed by atoms with E-state index >= 15 is 0 Å². The number of hydrogen-bond acceptors (Lipinski definition) is 3. The van der Waals surface area contributed by atoms with Gasteiger partial charge in [0.25, 0.3) is 5.91 Å². The van der Waals surface area contributed by atoms with Crippen LogP contribution in [0.5, 0.6) is 5.75 Å². The first-order valence-corrected chi connectivity index (χ1v) is 6.84. The lowest BCUT2D eigenvalue weighted by Gasteiger charge is -2.20. The van der Waals surface area contributed by atoms with Crippen LogP contribution in [0.15, 0.2) is 24.3 Å². The first-order chi connectivity index (χ1) is 9.61. The average molecular weight is 277 g/mol. The predicted molar refractivity (Wildman–Crippen MR) is 73.9 cm³/mol. The second-order valence-corrected chi connectivity index (χ2v) is 4.96. The monoisotopic (exact) mass is 277 g/mol. The number of ether oxygens (including phenoxy) is 1. The number of hydrogen-bond donors (Lipinski definition) is 1. The molecule has 0 aromatic heterocycles. The van der Waals surface area contributed by atoms with E-state index in [2.05, 4.69) is 0 Å². The van der Waals surface area contributed by atoms with Crippen LogP contribution < -0.4 is 4.74 Å². The third-order valence-corrected chi connectivity index (χ3v) is 3.28. The van der Waals surface area contributed by atoms with Gasteiger partial charge in [-0.05, 0) is 37.8 Å². The highest BCUT2D eigenvalue weighted by Gasteiger charge is 2.24. The van der Waals surface area contributed by atoms with Crippen LogP contribution in [-0.4, -0.2) is 41.6 Å². The smallest absolute Gasteiger partial charge is 0.323 e. The number of carbonyl (C=O) groups is 2. The molecule has 20 heavy (non-hydrogen) atoms. The number of benzene rings is 1. The number of carboxylic acids is 1. The van der Waals surface area contributed by atoms with Crippen molar-refractivity contribution in [2.24, 2.45) is 5.92 Å². The van der Waals surface area contributed by atoms with Gasteiger partial charge in [0, 0.05) is 6.54 Å². The zero-order valence-corrected chi connectivity index (χ0v) is 11.5. The maximum Gasteiger partial charge on any atom is 0.323 e. The highest BCUT2D eigenvalue weighted by Crippen LogP contribution is 2.30. The van der Waals surface area contributed by atoms with Crippen molar-refractivity contribution in [3.8, 4) is 5.75 Å². The van der Waals surface area contributed by atoms with Gasteiger partial charge in [-0.25, -0.2) is 0 Å². The van der Waals surface area contributed by atoms with Gasteiger partial charge in [-0.15, -0.1) is 0 Å². The molecule has 0 spiro atoms. The quantitative estimate of drug-likeness (QED) is 0.828. The van der Waals surface area contributed by atoms with E-state index in [4.69, 9.17) is 9.84 Å². The highest BCUT2D eigenvalue weighted by molar-refractivity contribution is 5.98. The van der Waals surface area contributed by atoms with Gasteiger partial charge in [-0.3, -0.25) is 9.59 Å². The normalized spacial score (nSPS) is 13.8. The number of para-hydroxylation sites is 1. The van der Waals surface area contributed by atoms with Crippen LogP contribution in [0.2, 0.25) is 0 Å². The number of aliphatic carboxylic acids is 1. The van der Waals surface area contributed by atoms with Crippen molar-refractivity contribution in [1.82, 2.24) is 4.90 Å². The summed E-state index contributed by atoms with van der Waals surface area (Å²) in [5.74, 6) is -0.189. The van der Waals surface area contributed by atoms with E-state index in [1.807, 2.05) is 6.07 Å². The minimum Gasteiger partial charge on any atom is -0.492 e. The minimum absolute atomic E-state index is 0.299. The Hall–Kier alpha value is -2.04. The fraction of sp³-hybridized carbons (Fsp3) is 0.467. The summed E-state index contributed by atoms with van der Waals surface area (Å²) in [6.45, 7) is 2.43. The second-order valence-electron chi connectivity index (χ2n) is 4.96. The number of carbonyl (C=O) groups excluding carboxylic acids is 1. The third kappa shape index (κ3) is 3.73. The standard InChI is InChI=1S/C15H19NO4/c1-2-16(9-14(17)18)15(19)12-5-3-4-6-13(12)20-10-11-7-8-11/h3-6,11H,2,7-10H2,1H3,(H,17,18). The van der Waals surface area contributed by atoms with Crippen molar-refractivity contribution < 1.29 is 19.4 Å². The first-order valence-electron chi connectivity index (χ1n) is 6.84. The Kier molecular flexibility index (Phi) is 4.61. The Morgan fingerprint density at radius 1 is 1.35 bits per heavy atom. The first kappa shape index (κ1) is 14.4. The van der Waals surface area contributed by atoms with Gasteiger partial charge < -0.3 is 14.7 Å². The molecule has 108 valence electrons. The molecule has 0 atom stereocenters. The number of likely N-dealkylation sites (N-methyl/N-ethyl adjacent to an activating group) is 1. The van der Waals surface area contributed by atoms with Crippen LogP contribution in [-0.2, 0) is 4.79 Å². The van der Waals surface area contributed by atoms with E-state index in [9.17, 15) is 9.59 Å². The van der Waals surface area contributed by atoms with Crippen LogP contribution in [0.4, 0.5) is 0 Å². The van der Waals surface area contributed by atoms with Gasteiger partial charge in [-0.2, -0.15) is 0 Å². The Morgan fingerprint density at radius 3 is 2.65 bits per heavy atom. The molecule has 2 rings (SSSR count).